The van der Waals surface area contributed by atoms with Crippen molar-refractivity contribution in [3.8, 4) is 0 Å². The summed E-state index contributed by atoms with van der Waals surface area (Å²) >= 11 is 1.75. The largest absolute Gasteiger partial charge is 0.308 e. The molecule has 0 aliphatic carbocycles. The van der Waals surface area contributed by atoms with Crippen molar-refractivity contribution in [1.29, 1.82) is 0 Å². The van der Waals surface area contributed by atoms with Crippen LogP contribution >= 0.6 is 11.3 Å². The Morgan fingerprint density at radius 3 is 2.80 bits per heavy atom. The number of nitrogen functional groups attached to an aromatic ring is 1. The molecule has 102 valence electrons. The van der Waals surface area contributed by atoms with Crippen molar-refractivity contribution in [2.45, 2.75) is 20.3 Å². The Hall–Kier alpha value is -1.91. The van der Waals surface area contributed by atoms with Crippen LogP contribution in [0.15, 0.2) is 35.7 Å². The summed E-state index contributed by atoms with van der Waals surface area (Å²) in [4.78, 5) is 5.98. The number of pyridine rings is 1. The molecule has 1 aromatic carbocycles. The minimum absolute atomic E-state index is 0.760. The first-order valence-electron chi connectivity index (χ1n) is 6.57. The van der Waals surface area contributed by atoms with E-state index in [4.69, 9.17) is 5.84 Å². The molecule has 20 heavy (non-hydrogen) atoms. The topological polar surface area (TPSA) is 50.9 Å². The average molecular weight is 283 g/mol. The Morgan fingerprint density at radius 1 is 1.25 bits per heavy atom. The number of benzene rings is 1. The lowest BCUT2D eigenvalue weighted by atomic mass is 10.0. The molecule has 0 unspecified atom stereocenters. The molecular formula is C16H17N3S. The molecule has 2 aromatic heterocycles. The van der Waals surface area contributed by atoms with E-state index >= 15 is 0 Å². The van der Waals surface area contributed by atoms with Gasteiger partial charge in [0, 0.05) is 22.2 Å². The number of hydrazine groups is 1. The molecule has 0 fully saturated rings. The molecule has 4 heteroatoms. The van der Waals surface area contributed by atoms with Crippen LogP contribution in [0.1, 0.15) is 21.6 Å². The van der Waals surface area contributed by atoms with E-state index in [0.717, 1.165) is 23.3 Å². The maximum Gasteiger partial charge on any atom is 0.144 e. The molecule has 0 aliphatic heterocycles. The van der Waals surface area contributed by atoms with Gasteiger partial charge in [0.05, 0.1) is 5.52 Å². The molecule has 3 rings (SSSR count). The average Bonchev–Trinajstić information content (AvgIpc) is 2.91. The SMILES string of the molecule is Cc1cc(C)c2cc(Cc3cccs3)c(NN)nc2c1. The first-order chi connectivity index (χ1) is 9.67. The molecule has 2 heterocycles. The lowest BCUT2D eigenvalue weighted by Crippen LogP contribution is -2.11. The Bertz CT molecular complexity index is 748. The number of anilines is 1. The Morgan fingerprint density at radius 2 is 2.10 bits per heavy atom. The lowest BCUT2D eigenvalue weighted by molar-refractivity contribution is 1.16. The molecule has 0 bridgehead atoms. The zero-order chi connectivity index (χ0) is 14.1. The maximum absolute atomic E-state index is 5.64. The number of rotatable bonds is 3. The van der Waals surface area contributed by atoms with Crippen molar-refractivity contribution in [3.05, 3.63) is 57.3 Å². The van der Waals surface area contributed by atoms with Gasteiger partial charge >= 0.3 is 0 Å². The first-order valence-corrected chi connectivity index (χ1v) is 7.45. The van der Waals surface area contributed by atoms with Gasteiger partial charge in [-0.25, -0.2) is 10.8 Å². The number of nitrogens with one attached hydrogen (secondary N) is 1. The van der Waals surface area contributed by atoms with Crippen molar-refractivity contribution in [1.82, 2.24) is 4.98 Å². The molecule has 3 nitrogen and oxygen atoms in total. The summed E-state index contributed by atoms with van der Waals surface area (Å²) in [7, 11) is 0. The summed E-state index contributed by atoms with van der Waals surface area (Å²) in [6.45, 7) is 4.21. The van der Waals surface area contributed by atoms with Gasteiger partial charge in [-0.15, -0.1) is 11.3 Å². The molecule has 3 aromatic rings. The van der Waals surface area contributed by atoms with Crippen molar-refractivity contribution < 1.29 is 0 Å². The van der Waals surface area contributed by atoms with E-state index in [1.54, 1.807) is 11.3 Å². The quantitative estimate of drug-likeness (QED) is 0.568. The van der Waals surface area contributed by atoms with Crippen molar-refractivity contribution in [3.63, 3.8) is 0 Å². The minimum atomic E-state index is 0.760. The second-order valence-electron chi connectivity index (χ2n) is 5.05. The van der Waals surface area contributed by atoms with E-state index in [1.165, 1.54) is 21.4 Å². The molecule has 0 amide bonds. The summed E-state index contributed by atoms with van der Waals surface area (Å²) in [5.74, 6) is 6.40. The zero-order valence-corrected chi connectivity index (χ0v) is 12.4. The van der Waals surface area contributed by atoms with Gasteiger partial charge < -0.3 is 5.43 Å². The highest BCUT2D eigenvalue weighted by Gasteiger charge is 2.09. The van der Waals surface area contributed by atoms with Crippen molar-refractivity contribution in [2.24, 2.45) is 5.84 Å². The van der Waals surface area contributed by atoms with Crippen LogP contribution in [0.3, 0.4) is 0 Å². The third-order valence-electron chi connectivity index (χ3n) is 3.45. The standard InChI is InChI=1S/C16H17N3S/c1-10-6-11(2)14-9-12(8-13-4-3-5-20-13)16(19-17)18-15(14)7-10/h3-7,9H,8,17H2,1-2H3,(H,18,19). The van der Waals surface area contributed by atoms with Gasteiger partial charge in [-0.05, 0) is 48.6 Å². The number of nitrogens with zero attached hydrogens (tertiary/aromatic N) is 1. The predicted octanol–water partition coefficient (Wildman–Crippen LogP) is 3.79. The third kappa shape index (κ3) is 2.40. The monoisotopic (exact) mass is 283 g/mol. The number of hydrogen-bond donors (Lipinski definition) is 2. The van der Waals surface area contributed by atoms with Crippen molar-refractivity contribution >= 4 is 28.1 Å². The van der Waals surface area contributed by atoms with Gasteiger partial charge in [0.15, 0.2) is 0 Å². The number of thiophene rings is 1. The fourth-order valence-electron chi connectivity index (χ4n) is 2.53. The van der Waals surface area contributed by atoms with Crippen LogP contribution in [0.4, 0.5) is 5.82 Å². The summed E-state index contributed by atoms with van der Waals surface area (Å²) < 4.78 is 0. The summed E-state index contributed by atoms with van der Waals surface area (Å²) in [5, 5.41) is 3.29. The van der Waals surface area contributed by atoms with Gasteiger partial charge in [-0.2, -0.15) is 0 Å². The van der Waals surface area contributed by atoms with E-state index in [9.17, 15) is 0 Å². The van der Waals surface area contributed by atoms with Crippen LogP contribution < -0.4 is 11.3 Å². The lowest BCUT2D eigenvalue weighted by Gasteiger charge is -2.11. The Balaban J connectivity index is 2.15. The highest BCUT2D eigenvalue weighted by atomic mass is 32.1. The minimum Gasteiger partial charge on any atom is -0.308 e. The van der Waals surface area contributed by atoms with E-state index in [-0.39, 0.29) is 0 Å². The van der Waals surface area contributed by atoms with Crippen LogP contribution in [0.5, 0.6) is 0 Å². The fraction of sp³-hybridized carbons (Fsp3) is 0.188. The van der Waals surface area contributed by atoms with Crippen LogP contribution in [0.2, 0.25) is 0 Å². The molecule has 3 N–H and O–H groups in total. The van der Waals surface area contributed by atoms with E-state index in [1.807, 2.05) is 0 Å². The zero-order valence-electron chi connectivity index (χ0n) is 11.6. The Kier molecular flexibility index (Phi) is 3.42. The van der Waals surface area contributed by atoms with Crippen LogP contribution in [-0.2, 0) is 6.42 Å². The number of aromatic nitrogens is 1. The van der Waals surface area contributed by atoms with Crippen LogP contribution in [0.25, 0.3) is 10.9 Å². The molecular weight excluding hydrogens is 266 g/mol. The first kappa shape index (κ1) is 13.1. The summed E-state index contributed by atoms with van der Waals surface area (Å²) in [6, 6.07) is 10.7. The summed E-state index contributed by atoms with van der Waals surface area (Å²) in [5.41, 5.74) is 7.33. The van der Waals surface area contributed by atoms with Gasteiger partial charge in [0.1, 0.15) is 5.82 Å². The number of nitrogens with two attached hydrogens (primary N) is 1. The highest BCUT2D eigenvalue weighted by Crippen LogP contribution is 2.26. The molecule has 0 aliphatic rings. The van der Waals surface area contributed by atoms with Crippen LogP contribution in [-0.4, -0.2) is 4.98 Å². The predicted molar refractivity (Wildman–Crippen MR) is 86.2 cm³/mol. The molecule has 0 spiro atoms. The van der Waals surface area contributed by atoms with E-state index < -0.39 is 0 Å². The van der Waals surface area contributed by atoms with Gasteiger partial charge in [-0.3, -0.25) is 0 Å². The van der Waals surface area contributed by atoms with Gasteiger partial charge in [0.25, 0.3) is 0 Å². The highest BCUT2D eigenvalue weighted by molar-refractivity contribution is 7.09. The Labute approximate surface area is 122 Å². The molecule has 0 saturated heterocycles. The number of hydrogen-bond acceptors (Lipinski definition) is 4. The molecule has 0 radical (unpaired) electrons. The second-order valence-corrected chi connectivity index (χ2v) is 6.08. The second kappa shape index (κ2) is 5.23. The normalized spacial score (nSPS) is 10.9. The van der Waals surface area contributed by atoms with Gasteiger partial charge in [0.2, 0.25) is 0 Å². The smallest absolute Gasteiger partial charge is 0.144 e. The number of fused-ring (bicyclic) bond motifs is 1. The van der Waals surface area contributed by atoms with Crippen LogP contribution in [0, 0.1) is 13.8 Å². The fourth-order valence-corrected chi connectivity index (χ4v) is 3.26. The molecule has 0 saturated carbocycles. The maximum atomic E-state index is 5.64. The summed E-state index contributed by atoms with van der Waals surface area (Å²) in [6.07, 6.45) is 0.855. The third-order valence-corrected chi connectivity index (χ3v) is 4.32. The van der Waals surface area contributed by atoms with Crippen molar-refractivity contribution in [2.75, 3.05) is 5.43 Å². The number of aryl methyl sites for hydroxylation is 2. The van der Waals surface area contributed by atoms with E-state index in [0.29, 0.717) is 0 Å². The molecule has 0 atom stereocenters. The van der Waals surface area contributed by atoms with Gasteiger partial charge in [-0.1, -0.05) is 12.1 Å². The van der Waals surface area contributed by atoms with E-state index in [2.05, 4.69) is 60.0 Å².